The highest BCUT2D eigenvalue weighted by molar-refractivity contribution is 6.00. The first-order valence-electron chi connectivity index (χ1n) is 9.54. The van der Waals surface area contributed by atoms with Gasteiger partial charge in [0.1, 0.15) is 0 Å². The zero-order valence-corrected chi connectivity index (χ0v) is 16.2. The molecule has 0 spiro atoms. The van der Waals surface area contributed by atoms with Crippen LogP contribution in [0.4, 0.5) is 11.4 Å². The van der Waals surface area contributed by atoms with Crippen molar-refractivity contribution in [1.82, 2.24) is 0 Å². The minimum atomic E-state index is -0.120. The van der Waals surface area contributed by atoms with Crippen molar-refractivity contribution in [1.29, 1.82) is 0 Å². The highest BCUT2D eigenvalue weighted by atomic mass is 16.5. The fourth-order valence-corrected chi connectivity index (χ4v) is 3.62. The number of nitrogens with one attached hydrogen (secondary N) is 1. The lowest BCUT2D eigenvalue weighted by Gasteiger charge is -2.18. The summed E-state index contributed by atoms with van der Waals surface area (Å²) in [6.45, 7) is 0.730. The second-order valence-corrected chi connectivity index (χ2v) is 7.27. The molecule has 0 bridgehead atoms. The molecule has 6 nitrogen and oxygen atoms in total. The molecule has 6 heteroatoms. The molecule has 4 rings (SSSR count). The number of rotatable bonds is 6. The Morgan fingerprint density at radius 3 is 2.57 bits per heavy atom. The Morgan fingerprint density at radius 2 is 1.86 bits per heavy atom. The van der Waals surface area contributed by atoms with Gasteiger partial charge in [-0.25, -0.2) is 0 Å². The van der Waals surface area contributed by atoms with Gasteiger partial charge in [0.25, 0.3) is 0 Å². The predicted octanol–water partition coefficient (Wildman–Crippen LogP) is 3.18. The van der Waals surface area contributed by atoms with E-state index in [1.165, 1.54) is 0 Å². The lowest BCUT2D eigenvalue weighted by molar-refractivity contribution is -0.119. The Balaban J connectivity index is 1.45. The Hall–Kier alpha value is -3.02. The number of carbonyl (C=O) groups is 2. The third kappa shape index (κ3) is 3.67. The number of hydrogen-bond donors (Lipinski definition) is 1. The molecule has 0 radical (unpaired) electrons. The van der Waals surface area contributed by atoms with Crippen molar-refractivity contribution in [2.45, 2.75) is 25.7 Å². The summed E-state index contributed by atoms with van der Waals surface area (Å²) in [5.41, 5.74) is 3.63. The van der Waals surface area contributed by atoms with E-state index < -0.39 is 0 Å². The number of carbonyl (C=O) groups excluding carboxylic acids is 2. The van der Waals surface area contributed by atoms with E-state index in [2.05, 4.69) is 5.32 Å². The predicted molar refractivity (Wildman–Crippen MR) is 107 cm³/mol. The molecular weight excluding hydrogens is 356 g/mol. The van der Waals surface area contributed by atoms with Gasteiger partial charge in [-0.1, -0.05) is 12.1 Å². The highest BCUT2D eigenvalue weighted by Gasteiger charge is 2.36. The maximum atomic E-state index is 12.5. The van der Waals surface area contributed by atoms with E-state index in [1.54, 1.807) is 26.4 Å². The van der Waals surface area contributed by atoms with E-state index in [1.807, 2.05) is 29.2 Å². The summed E-state index contributed by atoms with van der Waals surface area (Å²) in [7, 11) is 3.15. The van der Waals surface area contributed by atoms with Gasteiger partial charge < -0.3 is 19.7 Å². The van der Waals surface area contributed by atoms with E-state index in [4.69, 9.17) is 9.47 Å². The minimum absolute atomic E-state index is 0.120. The van der Waals surface area contributed by atoms with E-state index in [-0.39, 0.29) is 24.2 Å². The molecule has 146 valence electrons. The van der Waals surface area contributed by atoms with Gasteiger partial charge >= 0.3 is 0 Å². The standard InChI is InChI=1S/C22H24N2O4/c1-27-19-8-3-14(11-20(19)28-2)12-21(25)23-17-7-6-15-9-10-24(18(15)13-17)22(26)16-4-5-16/h3,6-8,11,13,16H,4-5,9-10,12H2,1-2H3,(H,23,25). The molecule has 1 heterocycles. The molecule has 1 saturated carbocycles. The van der Waals surface area contributed by atoms with Gasteiger partial charge in [-0.05, 0) is 54.7 Å². The second kappa shape index (κ2) is 7.54. The van der Waals surface area contributed by atoms with E-state index in [9.17, 15) is 9.59 Å². The average Bonchev–Trinajstić information content (AvgIpc) is 3.47. The minimum Gasteiger partial charge on any atom is -0.493 e. The van der Waals surface area contributed by atoms with Crippen molar-refractivity contribution in [3.05, 3.63) is 47.5 Å². The Bertz CT molecular complexity index is 921. The van der Waals surface area contributed by atoms with Crippen LogP contribution in [0.3, 0.4) is 0 Å². The first kappa shape index (κ1) is 18.3. The van der Waals surface area contributed by atoms with Crippen molar-refractivity contribution in [3.63, 3.8) is 0 Å². The molecule has 0 unspecified atom stereocenters. The molecule has 2 aliphatic rings. The summed E-state index contributed by atoms with van der Waals surface area (Å²) in [4.78, 5) is 26.9. The van der Waals surface area contributed by atoms with E-state index in [0.29, 0.717) is 17.2 Å². The van der Waals surface area contributed by atoms with Gasteiger partial charge in [0.2, 0.25) is 11.8 Å². The zero-order valence-electron chi connectivity index (χ0n) is 16.2. The second-order valence-electron chi connectivity index (χ2n) is 7.27. The number of anilines is 2. The summed E-state index contributed by atoms with van der Waals surface area (Å²) in [6.07, 6.45) is 3.08. The lowest BCUT2D eigenvalue weighted by atomic mass is 10.1. The van der Waals surface area contributed by atoms with Gasteiger partial charge in [0, 0.05) is 23.8 Å². The number of benzene rings is 2. The number of nitrogens with zero attached hydrogens (tertiary/aromatic N) is 1. The number of ether oxygens (including phenoxy) is 2. The van der Waals surface area contributed by atoms with Crippen LogP contribution in [-0.4, -0.2) is 32.6 Å². The van der Waals surface area contributed by atoms with Crippen LogP contribution in [0, 0.1) is 5.92 Å². The molecule has 2 aromatic rings. The Kier molecular flexibility index (Phi) is 4.94. The van der Waals surface area contributed by atoms with Crippen molar-refractivity contribution >= 4 is 23.2 Å². The smallest absolute Gasteiger partial charge is 0.230 e. The van der Waals surface area contributed by atoms with Crippen LogP contribution in [-0.2, 0) is 22.4 Å². The summed E-state index contributed by atoms with van der Waals surface area (Å²) in [5.74, 6) is 1.51. The molecule has 1 aliphatic carbocycles. The maximum absolute atomic E-state index is 12.5. The molecule has 0 atom stereocenters. The molecule has 28 heavy (non-hydrogen) atoms. The van der Waals surface area contributed by atoms with Crippen LogP contribution in [0.25, 0.3) is 0 Å². The van der Waals surface area contributed by atoms with Crippen LogP contribution < -0.4 is 19.7 Å². The van der Waals surface area contributed by atoms with Crippen molar-refractivity contribution in [2.24, 2.45) is 5.92 Å². The van der Waals surface area contributed by atoms with Gasteiger partial charge in [-0.15, -0.1) is 0 Å². The first-order chi connectivity index (χ1) is 13.6. The van der Waals surface area contributed by atoms with Gasteiger partial charge in [0.15, 0.2) is 11.5 Å². The normalized spacial score (nSPS) is 15.1. The van der Waals surface area contributed by atoms with Crippen molar-refractivity contribution in [2.75, 3.05) is 31.0 Å². The van der Waals surface area contributed by atoms with Crippen molar-refractivity contribution < 1.29 is 19.1 Å². The third-order valence-electron chi connectivity index (χ3n) is 5.27. The molecular formula is C22H24N2O4. The van der Waals surface area contributed by atoms with Crippen LogP contribution in [0.15, 0.2) is 36.4 Å². The Morgan fingerprint density at radius 1 is 1.07 bits per heavy atom. The van der Waals surface area contributed by atoms with Crippen molar-refractivity contribution in [3.8, 4) is 11.5 Å². The largest absolute Gasteiger partial charge is 0.493 e. The topological polar surface area (TPSA) is 67.9 Å². The summed E-state index contributed by atoms with van der Waals surface area (Å²) in [5, 5.41) is 2.94. The summed E-state index contributed by atoms with van der Waals surface area (Å²) in [6, 6.07) is 11.3. The SMILES string of the molecule is COc1ccc(CC(=O)Nc2ccc3c(c2)N(C(=O)C2CC2)CC3)cc1OC. The summed E-state index contributed by atoms with van der Waals surface area (Å²) < 4.78 is 10.5. The maximum Gasteiger partial charge on any atom is 0.230 e. The van der Waals surface area contributed by atoms with Gasteiger partial charge in [0.05, 0.1) is 20.6 Å². The average molecular weight is 380 g/mol. The summed E-state index contributed by atoms with van der Waals surface area (Å²) >= 11 is 0. The molecule has 1 fully saturated rings. The zero-order chi connectivity index (χ0) is 19.7. The van der Waals surface area contributed by atoms with Gasteiger partial charge in [-0.2, -0.15) is 0 Å². The monoisotopic (exact) mass is 380 g/mol. The van der Waals surface area contributed by atoms with E-state index >= 15 is 0 Å². The van der Waals surface area contributed by atoms with Gasteiger partial charge in [-0.3, -0.25) is 9.59 Å². The quantitative estimate of drug-likeness (QED) is 0.836. The van der Waals surface area contributed by atoms with Crippen LogP contribution in [0.5, 0.6) is 11.5 Å². The fraction of sp³-hybridized carbons (Fsp3) is 0.364. The molecule has 0 saturated heterocycles. The number of fused-ring (bicyclic) bond motifs is 1. The fourth-order valence-electron chi connectivity index (χ4n) is 3.62. The van der Waals surface area contributed by atoms with Crippen LogP contribution >= 0.6 is 0 Å². The molecule has 2 aromatic carbocycles. The van der Waals surface area contributed by atoms with E-state index in [0.717, 1.165) is 42.6 Å². The van der Waals surface area contributed by atoms with Crippen LogP contribution in [0.1, 0.15) is 24.0 Å². The molecule has 1 N–H and O–H groups in total. The van der Waals surface area contributed by atoms with Crippen LogP contribution in [0.2, 0.25) is 0 Å². The number of amides is 2. The number of methoxy groups -OCH3 is 2. The Labute approximate surface area is 164 Å². The third-order valence-corrected chi connectivity index (χ3v) is 5.27. The molecule has 0 aromatic heterocycles. The molecule has 1 aliphatic heterocycles. The first-order valence-corrected chi connectivity index (χ1v) is 9.54. The highest BCUT2D eigenvalue weighted by Crippen LogP contribution is 2.37. The lowest BCUT2D eigenvalue weighted by Crippen LogP contribution is -2.30. The molecule has 2 amide bonds. The number of hydrogen-bond acceptors (Lipinski definition) is 4.